The third-order valence-corrected chi connectivity index (χ3v) is 2.53. The van der Waals surface area contributed by atoms with Crippen LogP contribution in [0, 0.1) is 6.92 Å². The SMILES string of the molecule is Cc1nnc(Oc2ccc(C(=O)O)cc2)s1. The maximum Gasteiger partial charge on any atom is 0.335 e. The highest BCUT2D eigenvalue weighted by Gasteiger charge is 2.05. The van der Waals surface area contributed by atoms with Crippen LogP contribution in [-0.4, -0.2) is 21.3 Å². The van der Waals surface area contributed by atoms with E-state index < -0.39 is 5.97 Å². The number of benzene rings is 1. The van der Waals surface area contributed by atoms with Gasteiger partial charge >= 0.3 is 5.97 Å². The molecule has 1 aromatic heterocycles. The Hall–Kier alpha value is -1.95. The van der Waals surface area contributed by atoms with Gasteiger partial charge < -0.3 is 9.84 Å². The van der Waals surface area contributed by atoms with E-state index in [-0.39, 0.29) is 5.56 Å². The minimum atomic E-state index is -0.960. The molecule has 0 aliphatic heterocycles. The van der Waals surface area contributed by atoms with Crippen molar-refractivity contribution in [3.63, 3.8) is 0 Å². The molecular formula is C10H8N2O3S. The molecule has 0 aliphatic carbocycles. The molecule has 2 rings (SSSR count). The number of aromatic carboxylic acids is 1. The molecular weight excluding hydrogens is 228 g/mol. The Labute approximate surface area is 95.3 Å². The first-order valence-corrected chi connectivity index (χ1v) is 5.28. The predicted octanol–water partition coefficient (Wildman–Crippen LogP) is 2.34. The Balaban J connectivity index is 2.14. The largest absolute Gasteiger partial charge is 0.478 e. The van der Waals surface area contributed by atoms with Crippen LogP contribution in [0.4, 0.5) is 0 Å². The van der Waals surface area contributed by atoms with Crippen molar-refractivity contribution in [1.82, 2.24) is 10.2 Å². The van der Waals surface area contributed by atoms with Crippen LogP contribution in [0.3, 0.4) is 0 Å². The van der Waals surface area contributed by atoms with Crippen molar-refractivity contribution in [3.8, 4) is 10.9 Å². The average molecular weight is 236 g/mol. The second-order valence-corrected chi connectivity index (χ2v) is 4.16. The van der Waals surface area contributed by atoms with Crippen molar-refractivity contribution in [3.05, 3.63) is 34.8 Å². The Morgan fingerprint density at radius 3 is 2.50 bits per heavy atom. The van der Waals surface area contributed by atoms with Crippen molar-refractivity contribution in [2.24, 2.45) is 0 Å². The number of nitrogens with zero attached hydrogens (tertiary/aromatic N) is 2. The first-order chi connectivity index (χ1) is 7.65. The molecule has 0 atom stereocenters. The minimum Gasteiger partial charge on any atom is -0.478 e. The summed E-state index contributed by atoms with van der Waals surface area (Å²) in [7, 11) is 0. The summed E-state index contributed by atoms with van der Waals surface area (Å²) in [6, 6.07) is 6.12. The summed E-state index contributed by atoms with van der Waals surface area (Å²) in [6.45, 7) is 1.83. The number of aromatic nitrogens is 2. The molecule has 5 nitrogen and oxygen atoms in total. The zero-order valence-electron chi connectivity index (χ0n) is 8.38. The molecule has 0 radical (unpaired) electrons. The van der Waals surface area contributed by atoms with Gasteiger partial charge in [0.1, 0.15) is 10.8 Å². The van der Waals surface area contributed by atoms with Crippen molar-refractivity contribution in [2.45, 2.75) is 6.92 Å². The van der Waals surface area contributed by atoms with E-state index in [2.05, 4.69) is 10.2 Å². The number of aryl methyl sites for hydroxylation is 1. The molecule has 82 valence electrons. The van der Waals surface area contributed by atoms with Crippen molar-refractivity contribution < 1.29 is 14.6 Å². The van der Waals surface area contributed by atoms with Crippen LogP contribution in [0.15, 0.2) is 24.3 Å². The molecule has 0 saturated heterocycles. The summed E-state index contributed by atoms with van der Waals surface area (Å²) in [6.07, 6.45) is 0. The summed E-state index contributed by atoms with van der Waals surface area (Å²) < 4.78 is 5.39. The summed E-state index contributed by atoms with van der Waals surface area (Å²) in [5.41, 5.74) is 0.223. The Morgan fingerprint density at radius 1 is 1.31 bits per heavy atom. The molecule has 0 bridgehead atoms. The van der Waals surface area contributed by atoms with Gasteiger partial charge in [0.25, 0.3) is 5.19 Å². The molecule has 1 heterocycles. The third-order valence-electron chi connectivity index (χ3n) is 1.81. The van der Waals surface area contributed by atoms with Gasteiger partial charge in [-0.25, -0.2) is 4.79 Å². The molecule has 0 spiro atoms. The Kier molecular flexibility index (Phi) is 2.82. The summed E-state index contributed by atoms with van der Waals surface area (Å²) in [5.74, 6) is -0.417. The molecule has 16 heavy (non-hydrogen) atoms. The van der Waals surface area contributed by atoms with Gasteiger partial charge in [-0.2, -0.15) is 0 Å². The topological polar surface area (TPSA) is 72.3 Å². The lowest BCUT2D eigenvalue weighted by molar-refractivity contribution is 0.0697. The average Bonchev–Trinajstić information content (AvgIpc) is 2.65. The lowest BCUT2D eigenvalue weighted by Crippen LogP contribution is -1.95. The van der Waals surface area contributed by atoms with E-state index in [1.54, 1.807) is 12.1 Å². The third kappa shape index (κ3) is 2.34. The monoisotopic (exact) mass is 236 g/mol. The van der Waals surface area contributed by atoms with E-state index in [0.717, 1.165) is 5.01 Å². The molecule has 0 aliphatic rings. The quantitative estimate of drug-likeness (QED) is 0.885. The van der Waals surface area contributed by atoms with Gasteiger partial charge in [0.15, 0.2) is 0 Å². The van der Waals surface area contributed by atoms with Crippen molar-refractivity contribution in [1.29, 1.82) is 0 Å². The zero-order chi connectivity index (χ0) is 11.5. The molecule has 0 saturated carbocycles. The highest BCUT2D eigenvalue weighted by atomic mass is 32.1. The van der Waals surface area contributed by atoms with Crippen LogP contribution in [0.2, 0.25) is 0 Å². The standard InChI is InChI=1S/C10H8N2O3S/c1-6-11-12-10(16-6)15-8-4-2-7(3-5-8)9(13)14/h2-5H,1H3,(H,13,14). The van der Waals surface area contributed by atoms with Gasteiger partial charge in [0, 0.05) is 0 Å². The van der Waals surface area contributed by atoms with E-state index in [9.17, 15) is 4.79 Å². The highest BCUT2D eigenvalue weighted by Crippen LogP contribution is 2.24. The van der Waals surface area contributed by atoms with E-state index in [0.29, 0.717) is 10.9 Å². The molecule has 0 fully saturated rings. The molecule has 1 aromatic carbocycles. The number of hydrogen-bond acceptors (Lipinski definition) is 5. The fourth-order valence-corrected chi connectivity index (χ4v) is 1.64. The molecule has 0 amide bonds. The predicted molar refractivity (Wildman–Crippen MR) is 58.1 cm³/mol. The van der Waals surface area contributed by atoms with Gasteiger partial charge in [0.2, 0.25) is 0 Å². The second-order valence-electron chi connectivity index (χ2n) is 3.02. The van der Waals surface area contributed by atoms with E-state index in [4.69, 9.17) is 9.84 Å². The number of carbonyl (C=O) groups is 1. The van der Waals surface area contributed by atoms with E-state index >= 15 is 0 Å². The van der Waals surface area contributed by atoms with E-state index in [1.165, 1.54) is 23.5 Å². The van der Waals surface area contributed by atoms with Crippen LogP contribution >= 0.6 is 11.3 Å². The van der Waals surface area contributed by atoms with Gasteiger partial charge in [-0.15, -0.1) is 5.10 Å². The van der Waals surface area contributed by atoms with Crippen LogP contribution in [0.25, 0.3) is 0 Å². The van der Waals surface area contributed by atoms with Crippen molar-refractivity contribution in [2.75, 3.05) is 0 Å². The van der Waals surface area contributed by atoms with Crippen LogP contribution in [0.5, 0.6) is 10.9 Å². The first-order valence-electron chi connectivity index (χ1n) is 4.46. The normalized spacial score (nSPS) is 10.1. The van der Waals surface area contributed by atoms with Crippen LogP contribution < -0.4 is 4.74 Å². The van der Waals surface area contributed by atoms with Crippen LogP contribution in [-0.2, 0) is 0 Å². The fraction of sp³-hybridized carbons (Fsp3) is 0.100. The maximum absolute atomic E-state index is 10.6. The maximum atomic E-state index is 10.6. The smallest absolute Gasteiger partial charge is 0.335 e. The number of carboxylic acid groups (broad SMARTS) is 1. The summed E-state index contributed by atoms with van der Waals surface area (Å²) >= 11 is 1.33. The molecule has 1 N–H and O–H groups in total. The fourth-order valence-electron chi connectivity index (χ4n) is 1.09. The second kappa shape index (κ2) is 4.28. The Bertz CT molecular complexity index is 507. The van der Waals surface area contributed by atoms with Gasteiger partial charge in [-0.05, 0) is 31.2 Å². The first kappa shape index (κ1) is 10.6. The summed E-state index contributed by atoms with van der Waals surface area (Å²) in [5, 5.41) is 17.6. The summed E-state index contributed by atoms with van der Waals surface area (Å²) in [4.78, 5) is 10.6. The molecule has 6 heteroatoms. The van der Waals surface area contributed by atoms with E-state index in [1.807, 2.05) is 6.92 Å². The number of ether oxygens (including phenoxy) is 1. The van der Waals surface area contributed by atoms with Gasteiger partial charge in [-0.3, -0.25) is 0 Å². The highest BCUT2D eigenvalue weighted by molar-refractivity contribution is 7.13. The molecule has 2 aromatic rings. The van der Waals surface area contributed by atoms with Gasteiger partial charge in [-0.1, -0.05) is 16.4 Å². The Morgan fingerprint density at radius 2 is 2.00 bits per heavy atom. The van der Waals surface area contributed by atoms with Gasteiger partial charge in [0.05, 0.1) is 5.56 Å². The zero-order valence-corrected chi connectivity index (χ0v) is 9.19. The van der Waals surface area contributed by atoms with Crippen molar-refractivity contribution >= 4 is 17.3 Å². The lowest BCUT2D eigenvalue weighted by atomic mass is 10.2. The molecule has 0 unspecified atom stereocenters. The number of rotatable bonds is 3. The van der Waals surface area contributed by atoms with Crippen LogP contribution in [0.1, 0.15) is 15.4 Å². The number of hydrogen-bond donors (Lipinski definition) is 1. The lowest BCUT2D eigenvalue weighted by Gasteiger charge is -2.00. The minimum absolute atomic E-state index is 0.223. The number of carboxylic acids is 1.